The lowest BCUT2D eigenvalue weighted by Crippen LogP contribution is -2.55. The molecule has 51 heavy (non-hydrogen) atoms. The first-order valence-electron chi connectivity index (χ1n) is 17.2. The molecule has 3 amide bonds. The van der Waals surface area contributed by atoms with Gasteiger partial charge in [0.15, 0.2) is 5.96 Å². The van der Waals surface area contributed by atoms with E-state index in [0.29, 0.717) is 38.6 Å². The van der Waals surface area contributed by atoms with Crippen LogP contribution in [0.25, 0.3) is 21.5 Å². The van der Waals surface area contributed by atoms with Crippen molar-refractivity contribution in [2.75, 3.05) is 13.7 Å². The Morgan fingerprint density at radius 3 is 2.39 bits per heavy atom. The molecule has 0 spiro atoms. The van der Waals surface area contributed by atoms with Gasteiger partial charge in [0.05, 0.1) is 19.5 Å². The second-order valence-corrected chi connectivity index (χ2v) is 13.4. The summed E-state index contributed by atoms with van der Waals surface area (Å²) in [6.07, 6.45) is 5.27. The number of carbonyl (C=O) groups is 4. The van der Waals surface area contributed by atoms with E-state index < -0.39 is 47.7 Å². The van der Waals surface area contributed by atoms with Gasteiger partial charge in [0.1, 0.15) is 6.04 Å². The zero-order valence-electron chi connectivity index (χ0n) is 28.7. The highest BCUT2D eigenvalue weighted by molar-refractivity contribution is 5.98. The summed E-state index contributed by atoms with van der Waals surface area (Å²) >= 11 is 0. The second kappa shape index (κ2) is 16.9. The number of ether oxygens (including phenoxy) is 1. The average molecular weight is 698 g/mol. The number of H-pyrrole nitrogens is 1. The molecule has 0 bridgehead atoms. The van der Waals surface area contributed by atoms with Crippen LogP contribution in [0.2, 0.25) is 0 Å². The summed E-state index contributed by atoms with van der Waals surface area (Å²) in [7, 11) is 1.28. The van der Waals surface area contributed by atoms with Crippen LogP contribution in [0.3, 0.4) is 0 Å². The number of nitrogens with zero attached hydrogens (tertiary/aromatic N) is 1. The fraction of sp³-hybridized carbons (Fsp3) is 0.405. The monoisotopic (exact) mass is 697 g/mol. The number of methoxy groups -OCH3 is 1. The number of rotatable bonds is 15. The van der Waals surface area contributed by atoms with Gasteiger partial charge >= 0.3 is 5.97 Å². The molecule has 1 fully saturated rings. The Bertz CT molecular complexity index is 1860. The number of nitrogens with two attached hydrogens (primary N) is 3. The average Bonchev–Trinajstić information content (AvgIpc) is 3.62. The van der Waals surface area contributed by atoms with Gasteiger partial charge in [0.2, 0.25) is 17.7 Å². The van der Waals surface area contributed by atoms with E-state index in [0.717, 1.165) is 32.8 Å². The lowest BCUT2D eigenvalue weighted by Gasteiger charge is -2.41. The highest BCUT2D eigenvalue weighted by atomic mass is 16.5. The Kier molecular flexibility index (Phi) is 12.2. The van der Waals surface area contributed by atoms with Crippen LogP contribution in [-0.2, 0) is 36.8 Å². The summed E-state index contributed by atoms with van der Waals surface area (Å²) in [5.41, 5.74) is 19.2. The van der Waals surface area contributed by atoms with Crippen molar-refractivity contribution in [2.24, 2.45) is 35.0 Å². The molecule has 0 saturated heterocycles. The van der Waals surface area contributed by atoms with Gasteiger partial charge in [-0.2, -0.15) is 0 Å². The molecule has 1 saturated carbocycles. The Morgan fingerprint density at radius 2 is 1.73 bits per heavy atom. The third kappa shape index (κ3) is 9.81. The SMILES string of the molecule is COC(=O)CC1CC(NC(=O)C(N)Cc2ccc3cc4ccccc4cc3c2)C(Cc2cnc[nH]2)C[C@@H]1C(=O)NC(CCCNC(=N)N)C(N)=O. The summed E-state index contributed by atoms with van der Waals surface area (Å²) in [5, 5.41) is 20.4. The quantitative estimate of drug-likeness (QED) is 0.0296. The molecule has 270 valence electrons. The molecule has 0 aliphatic heterocycles. The number of carbonyl (C=O) groups excluding carboxylic acids is 4. The Balaban J connectivity index is 1.31. The molecule has 11 N–H and O–H groups in total. The van der Waals surface area contributed by atoms with Gasteiger partial charge in [-0.15, -0.1) is 0 Å². The van der Waals surface area contributed by atoms with Crippen molar-refractivity contribution in [3.63, 3.8) is 0 Å². The Hall–Kier alpha value is -5.50. The Labute approximate surface area is 296 Å². The number of benzene rings is 3. The van der Waals surface area contributed by atoms with Crippen LogP contribution in [-0.4, -0.2) is 71.4 Å². The molecule has 1 heterocycles. The second-order valence-electron chi connectivity index (χ2n) is 13.4. The van der Waals surface area contributed by atoms with Crippen molar-refractivity contribution >= 4 is 51.2 Å². The minimum absolute atomic E-state index is 0.0562. The number of esters is 1. The van der Waals surface area contributed by atoms with E-state index in [2.05, 4.69) is 56.3 Å². The normalized spacial score (nSPS) is 19.9. The largest absolute Gasteiger partial charge is 0.469 e. The third-order valence-electron chi connectivity index (χ3n) is 9.82. The molecule has 4 aromatic rings. The van der Waals surface area contributed by atoms with E-state index in [1.54, 1.807) is 12.5 Å². The van der Waals surface area contributed by atoms with Gasteiger partial charge in [0.25, 0.3) is 0 Å². The predicted octanol–water partition coefficient (Wildman–Crippen LogP) is 1.75. The molecule has 3 aromatic carbocycles. The minimum atomic E-state index is -0.958. The van der Waals surface area contributed by atoms with Crippen LogP contribution in [0, 0.1) is 23.2 Å². The van der Waals surface area contributed by atoms with Gasteiger partial charge in [0, 0.05) is 36.8 Å². The highest BCUT2D eigenvalue weighted by Crippen LogP contribution is 2.38. The van der Waals surface area contributed by atoms with Crippen LogP contribution in [0.15, 0.2) is 67.1 Å². The zero-order valence-corrected chi connectivity index (χ0v) is 28.7. The van der Waals surface area contributed by atoms with Gasteiger partial charge in [-0.3, -0.25) is 24.6 Å². The molecular weight excluding hydrogens is 650 g/mol. The van der Waals surface area contributed by atoms with Crippen molar-refractivity contribution < 1.29 is 23.9 Å². The van der Waals surface area contributed by atoms with Crippen molar-refractivity contribution in [3.05, 3.63) is 78.4 Å². The number of nitrogens with one attached hydrogen (secondary N) is 5. The first-order chi connectivity index (χ1) is 24.5. The topological polar surface area (TPSA) is 244 Å². The molecule has 0 radical (unpaired) electrons. The first kappa shape index (κ1) is 36.8. The van der Waals surface area contributed by atoms with E-state index in [-0.39, 0.29) is 30.6 Å². The lowest BCUT2D eigenvalue weighted by molar-refractivity contribution is -0.144. The van der Waals surface area contributed by atoms with E-state index in [4.69, 9.17) is 27.3 Å². The fourth-order valence-corrected chi connectivity index (χ4v) is 7.14. The van der Waals surface area contributed by atoms with E-state index in [1.165, 1.54) is 7.11 Å². The number of hydrogen-bond acceptors (Lipinski definition) is 8. The van der Waals surface area contributed by atoms with E-state index >= 15 is 0 Å². The number of aromatic amines is 1. The molecule has 14 heteroatoms. The van der Waals surface area contributed by atoms with Crippen molar-refractivity contribution in [2.45, 2.75) is 63.1 Å². The number of hydrogen-bond donors (Lipinski definition) is 8. The van der Waals surface area contributed by atoms with Gasteiger partial charge < -0.3 is 42.9 Å². The maximum absolute atomic E-state index is 13.8. The first-order valence-corrected chi connectivity index (χ1v) is 17.2. The summed E-state index contributed by atoms with van der Waals surface area (Å²) in [6.45, 7) is 0.331. The zero-order chi connectivity index (χ0) is 36.5. The van der Waals surface area contributed by atoms with Gasteiger partial charge in [-0.1, -0.05) is 42.5 Å². The van der Waals surface area contributed by atoms with Crippen LogP contribution >= 0.6 is 0 Å². The molecule has 1 aromatic heterocycles. The van der Waals surface area contributed by atoms with Gasteiger partial charge in [-0.05, 0) is 89.6 Å². The number of amides is 3. The van der Waals surface area contributed by atoms with E-state index in [1.807, 2.05) is 24.3 Å². The predicted molar refractivity (Wildman–Crippen MR) is 194 cm³/mol. The summed E-state index contributed by atoms with van der Waals surface area (Å²) in [5.74, 6) is -3.53. The van der Waals surface area contributed by atoms with Crippen molar-refractivity contribution in [1.82, 2.24) is 25.9 Å². The van der Waals surface area contributed by atoms with Crippen LogP contribution < -0.4 is 33.2 Å². The molecular formula is C37H47N9O5. The molecule has 6 atom stereocenters. The summed E-state index contributed by atoms with van der Waals surface area (Å²) in [6, 6.07) is 16.3. The number of primary amides is 1. The smallest absolute Gasteiger partial charge is 0.305 e. The molecule has 1 aliphatic carbocycles. The van der Waals surface area contributed by atoms with E-state index in [9.17, 15) is 19.2 Å². The highest BCUT2D eigenvalue weighted by Gasteiger charge is 2.43. The standard InChI is InChI=1S/C37H47N9O5/c1-51-33(47)18-26-17-32(46-36(50)30(38)12-21-8-9-24-13-22-5-2-3-6-23(22)14-25(24)11-21)27(15-28-19-42-20-44-28)16-29(26)35(49)45-31(34(39)48)7-4-10-43-37(40)41/h2-3,5-6,8-9,11,13-14,19-20,26-27,29-32H,4,7,10,12,15-18,38H2,1H3,(H2,39,48)(H,42,44)(H,45,49)(H,46,50)(H4,40,41,43)/t26?,27?,29-,30?,31?,32?/m0/s1. The molecule has 14 nitrogen and oxygen atoms in total. The molecule has 1 aliphatic rings. The number of imidazole rings is 1. The van der Waals surface area contributed by atoms with Crippen LogP contribution in [0.5, 0.6) is 0 Å². The van der Waals surface area contributed by atoms with Crippen LogP contribution in [0.1, 0.15) is 43.4 Å². The van der Waals surface area contributed by atoms with Crippen molar-refractivity contribution in [3.8, 4) is 0 Å². The minimum Gasteiger partial charge on any atom is -0.469 e. The van der Waals surface area contributed by atoms with Crippen LogP contribution in [0.4, 0.5) is 0 Å². The molecule has 5 rings (SSSR count). The maximum atomic E-state index is 13.8. The van der Waals surface area contributed by atoms with Gasteiger partial charge in [-0.25, -0.2) is 4.98 Å². The number of guanidine groups is 1. The summed E-state index contributed by atoms with van der Waals surface area (Å²) < 4.78 is 4.97. The molecule has 5 unspecified atom stereocenters. The number of fused-ring (bicyclic) bond motifs is 2. The Morgan fingerprint density at radius 1 is 1.00 bits per heavy atom. The fourth-order valence-electron chi connectivity index (χ4n) is 7.14. The lowest BCUT2D eigenvalue weighted by atomic mass is 9.68. The number of aromatic nitrogens is 2. The maximum Gasteiger partial charge on any atom is 0.305 e. The third-order valence-corrected chi connectivity index (χ3v) is 9.82. The van der Waals surface area contributed by atoms with Crippen molar-refractivity contribution in [1.29, 1.82) is 5.41 Å². The summed E-state index contributed by atoms with van der Waals surface area (Å²) in [4.78, 5) is 59.6.